The SMILES string of the molecule is CCCNC(C)(C#N)CCN1CCN(C)C(C)(C)C1. The third-order valence-corrected chi connectivity index (χ3v) is 4.34. The number of nitriles is 1. The first-order chi connectivity index (χ1) is 8.83. The summed E-state index contributed by atoms with van der Waals surface area (Å²) in [6, 6.07) is 2.43. The Hall–Kier alpha value is -0.630. The van der Waals surface area contributed by atoms with Crippen molar-refractivity contribution in [3.63, 3.8) is 0 Å². The predicted molar refractivity (Wildman–Crippen MR) is 80.1 cm³/mol. The molecule has 1 saturated heterocycles. The first-order valence-electron chi connectivity index (χ1n) is 7.43. The average Bonchev–Trinajstić information content (AvgIpc) is 2.37. The van der Waals surface area contributed by atoms with Crippen LogP contribution < -0.4 is 5.32 Å². The normalized spacial score (nSPS) is 23.8. The van der Waals surface area contributed by atoms with Crippen molar-refractivity contribution in [1.29, 1.82) is 5.26 Å². The topological polar surface area (TPSA) is 42.3 Å². The summed E-state index contributed by atoms with van der Waals surface area (Å²) < 4.78 is 0. The first-order valence-corrected chi connectivity index (χ1v) is 7.43. The zero-order valence-corrected chi connectivity index (χ0v) is 13.3. The van der Waals surface area contributed by atoms with Gasteiger partial charge in [0.25, 0.3) is 0 Å². The van der Waals surface area contributed by atoms with Gasteiger partial charge in [-0.2, -0.15) is 5.26 Å². The molecule has 0 radical (unpaired) electrons. The molecule has 0 aromatic carbocycles. The van der Waals surface area contributed by atoms with Crippen molar-refractivity contribution in [2.75, 3.05) is 39.8 Å². The molecule has 0 saturated carbocycles. The fourth-order valence-corrected chi connectivity index (χ4v) is 2.50. The molecular weight excluding hydrogens is 236 g/mol. The number of nitrogens with one attached hydrogen (secondary N) is 1. The van der Waals surface area contributed by atoms with Crippen LogP contribution in [0.15, 0.2) is 0 Å². The molecule has 1 atom stereocenters. The van der Waals surface area contributed by atoms with E-state index in [1.165, 1.54) is 0 Å². The zero-order chi connectivity index (χ0) is 14.5. The maximum absolute atomic E-state index is 9.35. The molecule has 0 aromatic heterocycles. The van der Waals surface area contributed by atoms with E-state index in [2.05, 4.69) is 49.0 Å². The number of hydrogen-bond donors (Lipinski definition) is 1. The van der Waals surface area contributed by atoms with Gasteiger partial charge in [-0.1, -0.05) is 6.92 Å². The van der Waals surface area contributed by atoms with Gasteiger partial charge in [0.05, 0.1) is 6.07 Å². The summed E-state index contributed by atoms with van der Waals surface area (Å²) in [6.07, 6.45) is 1.96. The van der Waals surface area contributed by atoms with Crippen LogP contribution in [0.3, 0.4) is 0 Å². The smallest absolute Gasteiger partial charge is 0.105 e. The van der Waals surface area contributed by atoms with Crippen LogP contribution in [0.4, 0.5) is 0 Å². The maximum Gasteiger partial charge on any atom is 0.105 e. The highest BCUT2D eigenvalue weighted by atomic mass is 15.3. The summed E-state index contributed by atoms with van der Waals surface area (Å²) in [4.78, 5) is 4.91. The molecule has 19 heavy (non-hydrogen) atoms. The van der Waals surface area contributed by atoms with Crippen LogP contribution in [-0.4, -0.2) is 60.6 Å². The molecule has 1 heterocycles. The number of likely N-dealkylation sites (N-methyl/N-ethyl adjacent to an activating group) is 1. The van der Waals surface area contributed by atoms with E-state index in [-0.39, 0.29) is 11.1 Å². The third kappa shape index (κ3) is 4.76. The Morgan fingerprint density at radius 1 is 1.37 bits per heavy atom. The molecule has 0 aliphatic carbocycles. The van der Waals surface area contributed by atoms with Crippen LogP contribution in [0.25, 0.3) is 0 Å². The highest BCUT2D eigenvalue weighted by molar-refractivity contribution is 5.04. The predicted octanol–water partition coefficient (Wildman–Crippen LogP) is 1.68. The van der Waals surface area contributed by atoms with E-state index in [4.69, 9.17) is 0 Å². The van der Waals surface area contributed by atoms with Gasteiger partial charge >= 0.3 is 0 Å². The van der Waals surface area contributed by atoms with Crippen LogP contribution in [-0.2, 0) is 0 Å². The summed E-state index contributed by atoms with van der Waals surface area (Å²) in [5, 5.41) is 12.7. The number of piperazine rings is 1. The van der Waals surface area contributed by atoms with Gasteiger partial charge in [-0.3, -0.25) is 10.2 Å². The minimum atomic E-state index is -0.385. The number of hydrogen-bond acceptors (Lipinski definition) is 4. The lowest BCUT2D eigenvalue weighted by molar-refractivity contribution is 0.0371. The Morgan fingerprint density at radius 3 is 2.58 bits per heavy atom. The average molecular weight is 266 g/mol. The highest BCUT2D eigenvalue weighted by Gasteiger charge is 2.32. The fourth-order valence-electron chi connectivity index (χ4n) is 2.50. The summed E-state index contributed by atoms with van der Waals surface area (Å²) in [7, 11) is 2.19. The van der Waals surface area contributed by atoms with Crippen molar-refractivity contribution in [2.24, 2.45) is 0 Å². The molecule has 1 aliphatic rings. The van der Waals surface area contributed by atoms with Crippen LogP contribution in [0.5, 0.6) is 0 Å². The second kappa shape index (κ2) is 6.69. The van der Waals surface area contributed by atoms with Gasteiger partial charge in [-0.05, 0) is 47.2 Å². The van der Waals surface area contributed by atoms with E-state index in [9.17, 15) is 5.26 Å². The van der Waals surface area contributed by atoms with Gasteiger partial charge in [-0.15, -0.1) is 0 Å². The van der Waals surface area contributed by atoms with E-state index >= 15 is 0 Å². The minimum absolute atomic E-state index is 0.234. The largest absolute Gasteiger partial charge is 0.300 e. The van der Waals surface area contributed by atoms with Gasteiger partial charge in [0.1, 0.15) is 5.54 Å². The third-order valence-electron chi connectivity index (χ3n) is 4.34. The van der Waals surface area contributed by atoms with Crippen LogP contribution >= 0.6 is 0 Å². The van der Waals surface area contributed by atoms with E-state index in [0.717, 1.165) is 45.6 Å². The summed E-state index contributed by atoms with van der Waals surface area (Å²) >= 11 is 0. The maximum atomic E-state index is 9.35. The molecule has 1 rings (SSSR count). The van der Waals surface area contributed by atoms with Crippen molar-refractivity contribution >= 4 is 0 Å². The Kier molecular flexibility index (Phi) is 5.79. The van der Waals surface area contributed by atoms with Crippen molar-refractivity contribution in [1.82, 2.24) is 15.1 Å². The second-order valence-corrected chi connectivity index (χ2v) is 6.63. The Morgan fingerprint density at radius 2 is 2.05 bits per heavy atom. The number of nitrogens with zero attached hydrogens (tertiary/aromatic N) is 3. The Balaban J connectivity index is 2.46. The van der Waals surface area contributed by atoms with E-state index in [0.29, 0.717) is 0 Å². The molecule has 0 bridgehead atoms. The molecule has 1 unspecified atom stereocenters. The monoisotopic (exact) mass is 266 g/mol. The minimum Gasteiger partial charge on any atom is -0.300 e. The van der Waals surface area contributed by atoms with E-state index in [1.807, 2.05) is 6.92 Å². The van der Waals surface area contributed by atoms with Crippen LogP contribution in [0.2, 0.25) is 0 Å². The molecule has 1 fully saturated rings. The molecule has 0 spiro atoms. The zero-order valence-electron chi connectivity index (χ0n) is 13.3. The molecular formula is C15H30N4. The van der Waals surface area contributed by atoms with Gasteiger partial charge in [-0.25, -0.2) is 0 Å². The Labute approximate surface area is 118 Å². The summed E-state index contributed by atoms with van der Waals surface area (Å²) in [6.45, 7) is 13.9. The summed E-state index contributed by atoms with van der Waals surface area (Å²) in [5.41, 5.74) is -0.151. The van der Waals surface area contributed by atoms with Crippen molar-refractivity contribution in [3.8, 4) is 6.07 Å². The lowest BCUT2D eigenvalue weighted by Crippen LogP contribution is -2.58. The quantitative estimate of drug-likeness (QED) is 0.794. The lowest BCUT2D eigenvalue weighted by Gasteiger charge is -2.45. The molecule has 4 nitrogen and oxygen atoms in total. The summed E-state index contributed by atoms with van der Waals surface area (Å²) in [5.74, 6) is 0. The van der Waals surface area contributed by atoms with E-state index in [1.54, 1.807) is 0 Å². The standard InChI is InChI=1S/C15H30N4/c1-6-8-17-15(4,12-16)7-9-19-11-10-18(5)14(2,3)13-19/h17H,6-11,13H2,1-5H3. The van der Waals surface area contributed by atoms with Crippen LogP contribution in [0, 0.1) is 11.3 Å². The van der Waals surface area contributed by atoms with Crippen molar-refractivity contribution in [3.05, 3.63) is 0 Å². The van der Waals surface area contributed by atoms with Gasteiger partial charge in [0.15, 0.2) is 0 Å². The molecule has 0 amide bonds. The van der Waals surface area contributed by atoms with Crippen molar-refractivity contribution in [2.45, 2.75) is 51.6 Å². The molecule has 1 N–H and O–H groups in total. The molecule has 110 valence electrons. The molecule has 0 aromatic rings. The molecule has 4 heteroatoms. The molecule has 1 aliphatic heterocycles. The fraction of sp³-hybridized carbons (Fsp3) is 0.933. The van der Waals surface area contributed by atoms with Gasteiger partial charge in [0.2, 0.25) is 0 Å². The Bertz CT molecular complexity index is 321. The highest BCUT2D eigenvalue weighted by Crippen LogP contribution is 2.20. The van der Waals surface area contributed by atoms with Crippen molar-refractivity contribution < 1.29 is 0 Å². The first kappa shape index (κ1) is 16.4. The lowest BCUT2D eigenvalue weighted by atomic mass is 9.96. The van der Waals surface area contributed by atoms with Crippen LogP contribution in [0.1, 0.15) is 40.5 Å². The number of rotatable bonds is 6. The van der Waals surface area contributed by atoms with Gasteiger partial charge < -0.3 is 4.90 Å². The van der Waals surface area contributed by atoms with E-state index < -0.39 is 0 Å². The van der Waals surface area contributed by atoms with Gasteiger partial charge in [0, 0.05) is 31.7 Å². The second-order valence-electron chi connectivity index (χ2n) is 6.63.